The average molecular weight is 324 g/mol. The molecule has 1 N–H and O–H groups in total. The minimum absolute atomic E-state index is 0.250. The molecule has 1 saturated heterocycles. The van der Waals surface area contributed by atoms with Crippen LogP contribution in [0, 0.1) is 12.8 Å². The van der Waals surface area contributed by atoms with E-state index in [0.717, 1.165) is 18.4 Å². The van der Waals surface area contributed by atoms with Crippen molar-refractivity contribution in [1.82, 2.24) is 9.21 Å². The highest BCUT2D eigenvalue weighted by molar-refractivity contribution is 7.89. The summed E-state index contributed by atoms with van der Waals surface area (Å²) in [5, 5.41) is 10.00. The molecule has 1 saturated carbocycles. The van der Waals surface area contributed by atoms with E-state index < -0.39 is 10.0 Å². The Kier molecular flexibility index (Phi) is 4.54. The van der Waals surface area contributed by atoms with E-state index in [1.54, 1.807) is 16.4 Å². The van der Waals surface area contributed by atoms with E-state index in [0.29, 0.717) is 43.5 Å². The molecule has 0 spiro atoms. The van der Waals surface area contributed by atoms with Gasteiger partial charge in [0, 0.05) is 32.7 Å². The van der Waals surface area contributed by atoms with Crippen LogP contribution in [0.25, 0.3) is 0 Å². The zero-order valence-electron chi connectivity index (χ0n) is 13.0. The average Bonchev–Trinajstić information content (AvgIpc) is 3.33. The molecule has 1 aliphatic carbocycles. The van der Waals surface area contributed by atoms with Gasteiger partial charge in [-0.3, -0.25) is 4.90 Å². The zero-order chi connectivity index (χ0) is 15.7. The first-order valence-electron chi connectivity index (χ1n) is 7.94. The number of sulfonamides is 1. The fourth-order valence-electron chi connectivity index (χ4n) is 2.91. The van der Waals surface area contributed by atoms with Gasteiger partial charge in [-0.1, -0.05) is 17.7 Å². The van der Waals surface area contributed by atoms with Gasteiger partial charge in [-0.15, -0.1) is 0 Å². The number of aliphatic hydroxyl groups is 1. The third kappa shape index (κ3) is 3.51. The Morgan fingerprint density at radius 1 is 1.14 bits per heavy atom. The summed E-state index contributed by atoms with van der Waals surface area (Å²) >= 11 is 0. The first-order chi connectivity index (χ1) is 10.5. The number of rotatable bonds is 5. The molecule has 22 heavy (non-hydrogen) atoms. The molecule has 1 aromatic carbocycles. The lowest BCUT2D eigenvalue weighted by molar-refractivity contribution is 0.0782. The van der Waals surface area contributed by atoms with Gasteiger partial charge in [-0.25, -0.2) is 8.42 Å². The van der Waals surface area contributed by atoms with Crippen molar-refractivity contribution in [2.75, 3.05) is 32.7 Å². The lowest BCUT2D eigenvalue weighted by atomic mass is 10.2. The quantitative estimate of drug-likeness (QED) is 0.880. The van der Waals surface area contributed by atoms with Crippen molar-refractivity contribution >= 4 is 10.0 Å². The van der Waals surface area contributed by atoms with Gasteiger partial charge >= 0.3 is 0 Å². The van der Waals surface area contributed by atoms with Crippen molar-refractivity contribution in [1.29, 1.82) is 0 Å². The molecule has 1 aromatic rings. The maximum absolute atomic E-state index is 12.6. The molecule has 3 rings (SSSR count). The van der Waals surface area contributed by atoms with E-state index in [4.69, 9.17) is 0 Å². The van der Waals surface area contributed by atoms with Crippen LogP contribution in [-0.4, -0.2) is 61.6 Å². The summed E-state index contributed by atoms with van der Waals surface area (Å²) < 4.78 is 26.8. The summed E-state index contributed by atoms with van der Waals surface area (Å²) in [6.45, 7) is 4.98. The molecule has 0 unspecified atom stereocenters. The third-order valence-corrected chi connectivity index (χ3v) is 6.51. The summed E-state index contributed by atoms with van der Waals surface area (Å²) in [4.78, 5) is 2.54. The number of β-amino-alcohol motifs (C(OH)–C–C–N with tert-alkyl or cyclic N) is 1. The first kappa shape index (κ1) is 15.9. The molecular formula is C16H24N2O3S. The second kappa shape index (κ2) is 6.28. The van der Waals surface area contributed by atoms with Gasteiger partial charge in [0.1, 0.15) is 0 Å². The Morgan fingerprint density at radius 3 is 2.27 bits per heavy atom. The van der Waals surface area contributed by atoms with Crippen LogP contribution in [0.1, 0.15) is 18.4 Å². The smallest absolute Gasteiger partial charge is 0.243 e. The number of nitrogens with zero attached hydrogens (tertiary/aromatic N) is 2. The van der Waals surface area contributed by atoms with Crippen molar-refractivity contribution in [2.45, 2.75) is 30.8 Å². The van der Waals surface area contributed by atoms with Gasteiger partial charge < -0.3 is 5.11 Å². The summed E-state index contributed by atoms with van der Waals surface area (Å²) in [7, 11) is -3.39. The second-order valence-electron chi connectivity index (χ2n) is 6.42. The molecule has 6 heteroatoms. The molecule has 0 bridgehead atoms. The Hall–Kier alpha value is -0.950. The molecule has 1 atom stereocenters. The number of piperazine rings is 1. The minimum Gasteiger partial charge on any atom is -0.392 e. The molecule has 1 aliphatic heterocycles. The molecule has 0 radical (unpaired) electrons. The van der Waals surface area contributed by atoms with Crippen molar-refractivity contribution in [3.63, 3.8) is 0 Å². The third-order valence-electron chi connectivity index (χ3n) is 4.60. The topological polar surface area (TPSA) is 60.9 Å². The Bertz CT molecular complexity index is 603. The highest BCUT2D eigenvalue weighted by Gasteiger charge is 2.33. The Labute approximate surface area is 132 Å². The first-order valence-corrected chi connectivity index (χ1v) is 9.38. The number of hydrogen-bond acceptors (Lipinski definition) is 4. The predicted molar refractivity (Wildman–Crippen MR) is 85.1 cm³/mol. The molecule has 0 aromatic heterocycles. The summed E-state index contributed by atoms with van der Waals surface area (Å²) in [5.41, 5.74) is 1.05. The second-order valence-corrected chi connectivity index (χ2v) is 8.36. The highest BCUT2D eigenvalue weighted by Crippen LogP contribution is 2.33. The fourth-order valence-corrected chi connectivity index (χ4v) is 4.33. The van der Waals surface area contributed by atoms with Crippen molar-refractivity contribution < 1.29 is 13.5 Å². The van der Waals surface area contributed by atoms with E-state index in [1.807, 2.05) is 19.1 Å². The SMILES string of the molecule is Cc1ccc(S(=O)(=O)N2CCN(C[C@H](O)C3CC3)CC2)cc1. The van der Waals surface area contributed by atoms with E-state index in [1.165, 1.54) is 0 Å². The molecule has 0 amide bonds. The highest BCUT2D eigenvalue weighted by atomic mass is 32.2. The van der Waals surface area contributed by atoms with Crippen LogP contribution in [0.5, 0.6) is 0 Å². The van der Waals surface area contributed by atoms with Crippen LogP contribution in [0.3, 0.4) is 0 Å². The molecule has 122 valence electrons. The number of aliphatic hydroxyl groups excluding tert-OH is 1. The standard InChI is InChI=1S/C16H24N2O3S/c1-13-2-6-15(7-3-13)22(20,21)18-10-8-17(9-11-18)12-16(19)14-4-5-14/h2-3,6-7,14,16,19H,4-5,8-12H2,1H3/t16-/m0/s1. The van der Waals surface area contributed by atoms with E-state index in [9.17, 15) is 13.5 Å². The predicted octanol–water partition coefficient (Wildman–Crippen LogP) is 1.07. The van der Waals surface area contributed by atoms with Crippen LogP contribution >= 0.6 is 0 Å². The van der Waals surface area contributed by atoms with Crippen molar-refractivity contribution in [3.8, 4) is 0 Å². The van der Waals surface area contributed by atoms with E-state index in [-0.39, 0.29) is 6.10 Å². The Morgan fingerprint density at radius 2 is 1.73 bits per heavy atom. The normalized spacial score (nSPS) is 22.6. The maximum Gasteiger partial charge on any atom is 0.243 e. The largest absolute Gasteiger partial charge is 0.392 e. The summed E-state index contributed by atoms with van der Waals surface area (Å²) in [5.74, 6) is 0.467. The lowest BCUT2D eigenvalue weighted by Gasteiger charge is -2.35. The zero-order valence-corrected chi connectivity index (χ0v) is 13.8. The van der Waals surface area contributed by atoms with Crippen molar-refractivity contribution in [3.05, 3.63) is 29.8 Å². The summed E-state index contributed by atoms with van der Waals surface area (Å²) in [6, 6.07) is 7.01. The summed E-state index contributed by atoms with van der Waals surface area (Å²) in [6.07, 6.45) is 2.01. The molecule has 2 fully saturated rings. The number of benzene rings is 1. The van der Waals surface area contributed by atoms with Crippen LogP contribution in [0.15, 0.2) is 29.2 Å². The monoisotopic (exact) mass is 324 g/mol. The molecule has 5 nitrogen and oxygen atoms in total. The van der Waals surface area contributed by atoms with Crippen LogP contribution in [-0.2, 0) is 10.0 Å². The number of hydrogen-bond donors (Lipinski definition) is 1. The van der Waals surface area contributed by atoms with E-state index >= 15 is 0 Å². The van der Waals surface area contributed by atoms with Crippen LogP contribution < -0.4 is 0 Å². The van der Waals surface area contributed by atoms with E-state index in [2.05, 4.69) is 4.90 Å². The fraction of sp³-hybridized carbons (Fsp3) is 0.625. The lowest BCUT2D eigenvalue weighted by Crippen LogP contribution is -2.50. The van der Waals surface area contributed by atoms with Gasteiger partial charge in [0.2, 0.25) is 10.0 Å². The van der Waals surface area contributed by atoms with Gasteiger partial charge in [0.05, 0.1) is 11.0 Å². The Balaban J connectivity index is 1.59. The maximum atomic E-state index is 12.6. The van der Waals surface area contributed by atoms with Crippen LogP contribution in [0.2, 0.25) is 0 Å². The molecule has 2 aliphatic rings. The van der Waals surface area contributed by atoms with Crippen molar-refractivity contribution in [2.24, 2.45) is 5.92 Å². The molecular weight excluding hydrogens is 300 g/mol. The van der Waals surface area contributed by atoms with Gasteiger partial charge in [-0.2, -0.15) is 4.31 Å². The molecule has 1 heterocycles. The van der Waals surface area contributed by atoms with Gasteiger partial charge in [0.25, 0.3) is 0 Å². The van der Waals surface area contributed by atoms with Gasteiger partial charge in [0.15, 0.2) is 0 Å². The van der Waals surface area contributed by atoms with Gasteiger partial charge in [-0.05, 0) is 37.8 Å². The minimum atomic E-state index is -3.39. The van der Waals surface area contributed by atoms with Crippen LogP contribution in [0.4, 0.5) is 0 Å². The number of aryl methyl sites for hydroxylation is 1.